The molecule has 0 aliphatic carbocycles. The van der Waals surface area contributed by atoms with Gasteiger partial charge in [-0.1, -0.05) is 18.2 Å². The van der Waals surface area contributed by atoms with Crippen LogP contribution in [0.1, 0.15) is 5.56 Å². The van der Waals surface area contributed by atoms with Crippen molar-refractivity contribution in [3.63, 3.8) is 0 Å². The van der Waals surface area contributed by atoms with E-state index in [0.717, 1.165) is 24.1 Å². The molecule has 0 fully saturated rings. The molecule has 1 aliphatic heterocycles. The largest absolute Gasteiger partial charge is 0.358 e. The van der Waals surface area contributed by atoms with E-state index >= 15 is 0 Å². The molecule has 2 heteroatoms. The lowest BCUT2D eigenvalue weighted by atomic mass is 10.1. The lowest BCUT2D eigenvalue weighted by Gasteiger charge is -1.95. The van der Waals surface area contributed by atoms with Crippen molar-refractivity contribution in [2.45, 2.75) is 6.42 Å². The summed E-state index contributed by atoms with van der Waals surface area (Å²) in [6.45, 7) is 0. The monoisotopic (exact) mass is 159 g/mol. The van der Waals surface area contributed by atoms with E-state index in [0.29, 0.717) is 0 Å². The Morgan fingerprint density at radius 1 is 1.33 bits per heavy atom. The van der Waals surface area contributed by atoms with E-state index in [1.165, 1.54) is 5.56 Å². The molecular weight excluding hydrogens is 150 g/mol. The Labute approximate surface area is 70.9 Å². The summed E-state index contributed by atoms with van der Waals surface area (Å²) in [5, 5.41) is 3.17. The van der Waals surface area contributed by atoms with Crippen molar-refractivity contribution in [3.8, 4) is 0 Å². The number of carbonyl (C=O) groups is 1. The summed E-state index contributed by atoms with van der Waals surface area (Å²) in [6.07, 6.45) is 3.23. The van der Waals surface area contributed by atoms with Gasteiger partial charge in [-0.3, -0.25) is 4.79 Å². The van der Waals surface area contributed by atoms with E-state index in [2.05, 4.69) is 11.4 Å². The van der Waals surface area contributed by atoms with Crippen LogP contribution >= 0.6 is 0 Å². The Hall–Kier alpha value is -1.57. The van der Waals surface area contributed by atoms with E-state index < -0.39 is 0 Å². The van der Waals surface area contributed by atoms with E-state index in [1.54, 1.807) is 6.08 Å². The molecule has 0 atom stereocenters. The minimum Gasteiger partial charge on any atom is -0.358 e. The molecular formula is C10H9NO. The first kappa shape index (κ1) is 7.10. The normalized spacial score (nSPS) is 17.2. The summed E-state index contributed by atoms with van der Waals surface area (Å²) < 4.78 is 0. The van der Waals surface area contributed by atoms with Crippen LogP contribution in [0.15, 0.2) is 36.0 Å². The third kappa shape index (κ3) is 1.11. The second-order valence-electron chi connectivity index (χ2n) is 2.79. The Morgan fingerprint density at radius 2 is 2.17 bits per heavy atom. The van der Waals surface area contributed by atoms with Gasteiger partial charge in [0.25, 0.3) is 0 Å². The van der Waals surface area contributed by atoms with Crippen molar-refractivity contribution in [2.75, 3.05) is 5.32 Å². The van der Waals surface area contributed by atoms with Gasteiger partial charge in [0.2, 0.25) is 0 Å². The van der Waals surface area contributed by atoms with Crippen LogP contribution in [-0.4, -0.2) is 6.29 Å². The summed E-state index contributed by atoms with van der Waals surface area (Å²) in [5.74, 6) is 0. The third-order valence-electron chi connectivity index (χ3n) is 1.96. The first-order chi connectivity index (χ1) is 5.90. The second kappa shape index (κ2) is 2.81. The zero-order valence-electron chi connectivity index (χ0n) is 6.58. The van der Waals surface area contributed by atoms with Crippen LogP contribution in [-0.2, 0) is 11.2 Å². The van der Waals surface area contributed by atoms with Crippen molar-refractivity contribution < 1.29 is 4.79 Å². The van der Waals surface area contributed by atoms with Crippen LogP contribution in [0, 0.1) is 0 Å². The van der Waals surface area contributed by atoms with Gasteiger partial charge in [0.1, 0.15) is 6.29 Å². The molecule has 2 nitrogen and oxygen atoms in total. The minimum atomic E-state index is 0.814. The molecule has 1 aromatic rings. The van der Waals surface area contributed by atoms with Gasteiger partial charge in [0.15, 0.2) is 0 Å². The van der Waals surface area contributed by atoms with Gasteiger partial charge in [-0.25, -0.2) is 0 Å². The number of anilines is 1. The number of benzene rings is 1. The van der Waals surface area contributed by atoms with Crippen LogP contribution in [0.3, 0.4) is 0 Å². The average molecular weight is 159 g/mol. The number of hydrogen-bond donors (Lipinski definition) is 1. The lowest BCUT2D eigenvalue weighted by Crippen LogP contribution is -1.90. The van der Waals surface area contributed by atoms with Crippen LogP contribution in [0.5, 0.6) is 0 Å². The van der Waals surface area contributed by atoms with Crippen molar-refractivity contribution in [1.29, 1.82) is 0 Å². The molecule has 1 N–H and O–H groups in total. The van der Waals surface area contributed by atoms with Gasteiger partial charge in [-0.05, 0) is 17.7 Å². The van der Waals surface area contributed by atoms with Gasteiger partial charge in [0, 0.05) is 17.8 Å². The fraction of sp³-hybridized carbons (Fsp3) is 0.100. The first-order valence-corrected chi connectivity index (χ1v) is 3.89. The third-order valence-corrected chi connectivity index (χ3v) is 1.96. The van der Waals surface area contributed by atoms with Gasteiger partial charge in [-0.15, -0.1) is 0 Å². The molecule has 60 valence electrons. The Kier molecular flexibility index (Phi) is 1.67. The van der Waals surface area contributed by atoms with E-state index in [4.69, 9.17) is 0 Å². The van der Waals surface area contributed by atoms with Crippen molar-refractivity contribution in [3.05, 3.63) is 41.6 Å². The molecule has 0 spiro atoms. The van der Waals surface area contributed by atoms with Crippen LogP contribution in [0.25, 0.3) is 0 Å². The zero-order valence-corrected chi connectivity index (χ0v) is 6.58. The molecule has 1 heterocycles. The SMILES string of the molecule is O=CC=C1Cc2ccccc2N1. The van der Waals surface area contributed by atoms with Crippen molar-refractivity contribution >= 4 is 12.0 Å². The quantitative estimate of drug-likeness (QED) is 0.499. The number of aldehydes is 1. The number of rotatable bonds is 1. The maximum Gasteiger partial charge on any atom is 0.144 e. The van der Waals surface area contributed by atoms with Crippen molar-refractivity contribution in [2.24, 2.45) is 0 Å². The molecule has 0 amide bonds. The molecule has 1 aliphatic rings. The molecule has 0 unspecified atom stereocenters. The summed E-state index contributed by atoms with van der Waals surface area (Å²) in [4.78, 5) is 10.2. The molecule has 0 bridgehead atoms. The minimum absolute atomic E-state index is 0.814. The number of allylic oxidation sites excluding steroid dienone is 2. The predicted molar refractivity (Wildman–Crippen MR) is 47.9 cm³/mol. The standard InChI is InChI=1S/C10H9NO/c12-6-5-9-7-8-3-1-2-4-10(8)11-9/h1-6,11H,7H2. The topological polar surface area (TPSA) is 29.1 Å². The number of hydrogen-bond acceptors (Lipinski definition) is 2. The van der Waals surface area contributed by atoms with Crippen LogP contribution in [0.2, 0.25) is 0 Å². The van der Waals surface area contributed by atoms with Gasteiger partial charge < -0.3 is 5.32 Å². The predicted octanol–water partition coefficient (Wildman–Crippen LogP) is 1.74. The molecule has 0 saturated heterocycles. The van der Waals surface area contributed by atoms with Gasteiger partial charge in [0.05, 0.1) is 0 Å². The number of fused-ring (bicyclic) bond motifs is 1. The van der Waals surface area contributed by atoms with Gasteiger partial charge >= 0.3 is 0 Å². The van der Waals surface area contributed by atoms with Crippen LogP contribution in [0.4, 0.5) is 5.69 Å². The molecule has 0 aromatic heterocycles. The Bertz CT molecular complexity index is 314. The van der Waals surface area contributed by atoms with Gasteiger partial charge in [-0.2, -0.15) is 0 Å². The first-order valence-electron chi connectivity index (χ1n) is 3.89. The smallest absolute Gasteiger partial charge is 0.144 e. The van der Waals surface area contributed by atoms with Crippen LogP contribution < -0.4 is 5.32 Å². The highest BCUT2D eigenvalue weighted by molar-refractivity contribution is 5.71. The molecule has 2 rings (SSSR count). The number of carbonyl (C=O) groups excluding carboxylic acids is 1. The summed E-state index contributed by atoms with van der Waals surface area (Å²) in [6, 6.07) is 8.06. The maximum atomic E-state index is 10.2. The Morgan fingerprint density at radius 3 is 2.92 bits per heavy atom. The fourth-order valence-corrected chi connectivity index (χ4v) is 1.40. The summed E-state index contributed by atoms with van der Waals surface area (Å²) in [7, 11) is 0. The highest BCUT2D eigenvalue weighted by atomic mass is 16.1. The molecule has 12 heavy (non-hydrogen) atoms. The highest BCUT2D eigenvalue weighted by Gasteiger charge is 2.12. The lowest BCUT2D eigenvalue weighted by molar-refractivity contribution is -0.104. The summed E-state index contributed by atoms with van der Waals surface area (Å²) >= 11 is 0. The van der Waals surface area contributed by atoms with E-state index in [1.807, 2.05) is 18.2 Å². The maximum absolute atomic E-state index is 10.2. The average Bonchev–Trinajstić information content (AvgIpc) is 2.47. The number of para-hydroxylation sites is 1. The number of nitrogens with one attached hydrogen (secondary N) is 1. The van der Waals surface area contributed by atoms with E-state index in [-0.39, 0.29) is 0 Å². The molecule has 0 radical (unpaired) electrons. The van der Waals surface area contributed by atoms with Crippen molar-refractivity contribution in [1.82, 2.24) is 0 Å². The zero-order chi connectivity index (χ0) is 8.39. The Balaban J connectivity index is 2.33. The fourth-order valence-electron chi connectivity index (χ4n) is 1.40. The summed E-state index contributed by atoms with van der Waals surface area (Å²) in [5.41, 5.74) is 3.35. The second-order valence-corrected chi connectivity index (χ2v) is 2.79. The van der Waals surface area contributed by atoms with E-state index in [9.17, 15) is 4.79 Å². The highest BCUT2D eigenvalue weighted by Crippen LogP contribution is 2.26. The molecule has 1 aromatic carbocycles. The molecule has 0 saturated carbocycles.